The molecule has 2 aromatic heterocycles. The van der Waals surface area contributed by atoms with Gasteiger partial charge in [0.1, 0.15) is 24.2 Å². The van der Waals surface area contributed by atoms with Gasteiger partial charge in [0.15, 0.2) is 0 Å². The van der Waals surface area contributed by atoms with Crippen molar-refractivity contribution in [3.63, 3.8) is 0 Å². The van der Waals surface area contributed by atoms with Gasteiger partial charge in [-0.2, -0.15) is 0 Å². The van der Waals surface area contributed by atoms with Crippen LogP contribution in [0.25, 0.3) is 0 Å². The lowest BCUT2D eigenvalue weighted by atomic mass is 9.83. The van der Waals surface area contributed by atoms with Crippen molar-refractivity contribution in [3.8, 4) is 11.5 Å². The van der Waals surface area contributed by atoms with Crippen LogP contribution in [0.3, 0.4) is 0 Å². The van der Waals surface area contributed by atoms with E-state index in [1.807, 2.05) is 56.3 Å². The van der Waals surface area contributed by atoms with E-state index in [1.54, 1.807) is 12.4 Å². The first-order valence-corrected chi connectivity index (χ1v) is 9.95. The summed E-state index contributed by atoms with van der Waals surface area (Å²) >= 11 is 3.51. The Morgan fingerprint density at radius 1 is 1.21 bits per heavy atom. The average Bonchev–Trinajstić information content (AvgIpc) is 2.70. The van der Waals surface area contributed by atoms with Crippen LogP contribution in [0.5, 0.6) is 11.5 Å². The van der Waals surface area contributed by atoms with E-state index >= 15 is 0 Å². The predicted molar refractivity (Wildman–Crippen MR) is 109 cm³/mol. The molecule has 1 N–H and O–H groups in total. The molecule has 0 aliphatic carbocycles. The molecule has 1 aromatic carbocycles. The first-order valence-electron chi connectivity index (χ1n) is 9.16. The van der Waals surface area contributed by atoms with Gasteiger partial charge in [-0.25, -0.2) is 0 Å². The summed E-state index contributed by atoms with van der Waals surface area (Å²) in [4.78, 5) is 8.68. The van der Waals surface area contributed by atoms with Crippen LogP contribution in [-0.4, -0.2) is 21.2 Å². The minimum atomic E-state index is -0.699. The van der Waals surface area contributed by atoms with Crippen LogP contribution in [0, 0.1) is 6.92 Å². The molecule has 6 heteroatoms. The fraction of sp³-hybridized carbons (Fsp3) is 0.273. The van der Waals surface area contributed by atoms with E-state index in [1.165, 1.54) is 0 Å². The minimum Gasteiger partial charge on any atom is -0.490 e. The largest absolute Gasteiger partial charge is 0.490 e. The Hall–Kier alpha value is -2.44. The van der Waals surface area contributed by atoms with Crippen LogP contribution >= 0.6 is 15.9 Å². The molecule has 28 heavy (non-hydrogen) atoms. The molecule has 1 aliphatic rings. The summed E-state index contributed by atoms with van der Waals surface area (Å²) in [6.45, 7) is 4.25. The molecular weight excluding hydrogens is 420 g/mol. The maximum Gasteiger partial charge on any atom is 0.131 e. The second-order valence-electron chi connectivity index (χ2n) is 6.95. The quantitative estimate of drug-likeness (QED) is 0.635. The van der Waals surface area contributed by atoms with Crippen LogP contribution in [0.15, 0.2) is 59.3 Å². The standard InChI is InChI=1S/C22H21BrN2O3/c1-13-5-7-18(23)19(25-13)12-27-16-6-8-20-17(10-16)22(26)21(14(2)28-20)15-4-3-9-24-11-15/h3-11,14,21-22,26H,12H2,1-2H3/t14-,21?,22-/m0/s1. The molecule has 5 nitrogen and oxygen atoms in total. The lowest BCUT2D eigenvalue weighted by Crippen LogP contribution is -2.32. The molecule has 144 valence electrons. The zero-order valence-corrected chi connectivity index (χ0v) is 17.3. The molecule has 0 amide bonds. The summed E-state index contributed by atoms with van der Waals surface area (Å²) in [5.41, 5.74) is 3.44. The highest BCUT2D eigenvalue weighted by Gasteiger charge is 2.36. The number of halogens is 1. The third kappa shape index (κ3) is 3.75. The normalized spacial score (nSPS) is 20.9. The van der Waals surface area contributed by atoms with E-state index in [2.05, 4.69) is 25.9 Å². The summed E-state index contributed by atoms with van der Waals surface area (Å²) in [5.74, 6) is 1.16. The highest BCUT2D eigenvalue weighted by Crippen LogP contribution is 2.44. The van der Waals surface area contributed by atoms with Crippen molar-refractivity contribution >= 4 is 15.9 Å². The maximum atomic E-state index is 11.1. The van der Waals surface area contributed by atoms with Crippen LogP contribution < -0.4 is 9.47 Å². The summed E-state index contributed by atoms with van der Waals surface area (Å²) in [6, 6.07) is 13.3. The lowest BCUT2D eigenvalue weighted by Gasteiger charge is -2.35. The first-order chi connectivity index (χ1) is 13.5. The smallest absolute Gasteiger partial charge is 0.131 e. The average molecular weight is 441 g/mol. The minimum absolute atomic E-state index is 0.161. The summed E-state index contributed by atoms with van der Waals surface area (Å²) in [6.07, 6.45) is 2.64. The fourth-order valence-corrected chi connectivity index (χ4v) is 3.89. The van der Waals surface area contributed by atoms with Crippen LogP contribution in [0.1, 0.15) is 41.5 Å². The number of aromatic nitrogens is 2. The van der Waals surface area contributed by atoms with Crippen molar-refractivity contribution in [2.45, 2.75) is 38.6 Å². The molecule has 0 saturated carbocycles. The number of nitrogens with zero attached hydrogens (tertiary/aromatic N) is 2. The molecule has 0 saturated heterocycles. The number of ether oxygens (including phenoxy) is 2. The van der Waals surface area contributed by atoms with Crippen molar-refractivity contribution in [2.75, 3.05) is 0 Å². The number of aliphatic hydroxyl groups is 1. The van der Waals surface area contributed by atoms with Crippen molar-refractivity contribution in [3.05, 3.63) is 81.8 Å². The van der Waals surface area contributed by atoms with E-state index in [9.17, 15) is 5.11 Å². The van der Waals surface area contributed by atoms with Crippen LogP contribution in [0.2, 0.25) is 0 Å². The lowest BCUT2D eigenvalue weighted by molar-refractivity contribution is 0.0469. The first kappa shape index (κ1) is 18.9. The van der Waals surface area contributed by atoms with Crippen molar-refractivity contribution in [1.82, 2.24) is 9.97 Å². The zero-order chi connectivity index (χ0) is 19.7. The molecule has 0 bridgehead atoms. The van der Waals surface area contributed by atoms with E-state index in [0.29, 0.717) is 18.1 Å². The van der Waals surface area contributed by atoms with Gasteiger partial charge >= 0.3 is 0 Å². The number of fused-ring (bicyclic) bond motifs is 1. The Bertz CT molecular complexity index is 981. The maximum absolute atomic E-state index is 11.1. The summed E-state index contributed by atoms with van der Waals surface area (Å²) < 4.78 is 12.9. The Balaban J connectivity index is 1.58. The number of aliphatic hydroxyl groups excluding tert-OH is 1. The number of pyridine rings is 2. The SMILES string of the molecule is Cc1ccc(Br)c(COc2ccc3c(c2)[C@H](O)C(c2cccnc2)[C@H](C)O3)n1. The summed E-state index contributed by atoms with van der Waals surface area (Å²) in [7, 11) is 0. The number of benzene rings is 1. The molecule has 0 spiro atoms. The predicted octanol–water partition coefficient (Wildman–Crippen LogP) is 4.72. The van der Waals surface area contributed by atoms with E-state index in [4.69, 9.17) is 9.47 Å². The van der Waals surface area contributed by atoms with Crippen molar-refractivity contribution in [1.29, 1.82) is 0 Å². The second kappa shape index (κ2) is 7.89. The monoisotopic (exact) mass is 440 g/mol. The Labute approximate surface area is 172 Å². The van der Waals surface area contributed by atoms with E-state index < -0.39 is 6.10 Å². The Kier molecular flexibility index (Phi) is 5.33. The molecule has 3 atom stereocenters. The van der Waals surface area contributed by atoms with Gasteiger partial charge in [-0.05, 0) is 71.7 Å². The molecule has 3 aromatic rings. The van der Waals surface area contributed by atoms with Crippen molar-refractivity contribution in [2.24, 2.45) is 0 Å². The molecule has 0 radical (unpaired) electrons. The van der Waals surface area contributed by atoms with E-state index in [0.717, 1.165) is 27.0 Å². The number of aryl methyl sites for hydroxylation is 1. The molecule has 4 rings (SSSR count). The third-order valence-electron chi connectivity index (χ3n) is 4.96. The third-order valence-corrected chi connectivity index (χ3v) is 5.68. The van der Waals surface area contributed by atoms with Gasteiger partial charge in [0.2, 0.25) is 0 Å². The van der Waals surface area contributed by atoms with Gasteiger partial charge in [-0.1, -0.05) is 6.07 Å². The topological polar surface area (TPSA) is 64.5 Å². The number of rotatable bonds is 4. The molecule has 1 aliphatic heterocycles. The van der Waals surface area contributed by atoms with Gasteiger partial charge in [0.25, 0.3) is 0 Å². The molecule has 1 unspecified atom stereocenters. The van der Waals surface area contributed by atoms with Gasteiger partial charge < -0.3 is 14.6 Å². The number of hydrogen-bond acceptors (Lipinski definition) is 5. The Morgan fingerprint density at radius 2 is 2.07 bits per heavy atom. The highest BCUT2D eigenvalue weighted by molar-refractivity contribution is 9.10. The molecule has 3 heterocycles. The fourth-order valence-electron chi connectivity index (χ4n) is 3.55. The van der Waals surface area contributed by atoms with Crippen LogP contribution in [0.4, 0.5) is 0 Å². The zero-order valence-electron chi connectivity index (χ0n) is 15.7. The summed E-state index contributed by atoms with van der Waals surface area (Å²) in [5, 5.41) is 11.1. The number of hydrogen-bond donors (Lipinski definition) is 1. The van der Waals surface area contributed by atoms with E-state index in [-0.39, 0.29) is 12.0 Å². The molecular formula is C22H21BrN2O3. The van der Waals surface area contributed by atoms with Gasteiger partial charge in [-0.3, -0.25) is 9.97 Å². The van der Waals surface area contributed by atoms with Crippen LogP contribution in [-0.2, 0) is 6.61 Å². The second-order valence-corrected chi connectivity index (χ2v) is 7.80. The molecule has 0 fully saturated rings. The van der Waals surface area contributed by atoms with Crippen molar-refractivity contribution < 1.29 is 14.6 Å². The van der Waals surface area contributed by atoms with Gasteiger partial charge in [0, 0.05) is 28.1 Å². The highest BCUT2D eigenvalue weighted by atomic mass is 79.9. The van der Waals surface area contributed by atoms with Gasteiger partial charge in [-0.15, -0.1) is 0 Å². The van der Waals surface area contributed by atoms with Gasteiger partial charge in [0.05, 0.1) is 17.7 Å². The Morgan fingerprint density at radius 3 is 2.86 bits per heavy atom.